The van der Waals surface area contributed by atoms with Gasteiger partial charge in [0.15, 0.2) is 0 Å². The molecule has 0 aliphatic carbocycles. The lowest BCUT2D eigenvalue weighted by molar-refractivity contribution is -0.136. The van der Waals surface area contributed by atoms with Crippen molar-refractivity contribution in [2.75, 3.05) is 27.3 Å². The Kier molecular flexibility index (Phi) is 19.3. The number of carbonyl (C=O) groups excluding carboxylic acids is 4. The van der Waals surface area contributed by atoms with Crippen LogP contribution in [0.1, 0.15) is 112 Å². The second-order valence-electron chi connectivity index (χ2n) is 18.7. The predicted molar refractivity (Wildman–Crippen MR) is 299 cm³/mol. The fraction of sp³-hybridized carbons (Fsp3) is 0.460. The highest BCUT2D eigenvalue weighted by Gasteiger charge is 2.40. The van der Waals surface area contributed by atoms with Crippen molar-refractivity contribution in [2.45, 2.75) is 110 Å². The maximum atomic E-state index is 13.9. The number of aromatic amines is 2. The Hall–Kier alpha value is -5.29. The van der Waals surface area contributed by atoms with Crippen molar-refractivity contribution in [3.05, 3.63) is 82.1 Å². The molecule has 3 aliphatic heterocycles. The molecule has 0 spiro atoms. The first-order valence-electron chi connectivity index (χ1n) is 23.6. The van der Waals surface area contributed by atoms with E-state index >= 15 is 0 Å². The molecule has 9 rings (SSSR count). The van der Waals surface area contributed by atoms with Gasteiger partial charge >= 0.3 is 12.2 Å². The van der Waals surface area contributed by atoms with Crippen LogP contribution in [0.2, 0.25) is 0 Å². The number of nitrogens with zero attached hydrogens (tertiary/aromatic N) is 6. The average Bonchev–Trinajstić information content (AvgIpc) is 4.19. The Balaban J connectivity index is 0.00000241. The first-order valence-corrected chi connectivity index (χ1v) is 24.4. The summed E-state index contributed by atoms with van der Waals surface area (Å²) in [6.45, 7) is 13.0. The molecule has 7 heterocycles. The molecule has 17 nitrogen and oxygen atoms in total. The number of hydrogen-bond acceptors (Lipinski definition) is 11. The Labute approximate surface area is 452 Å². The Bertz CT molecular complexity index is 2880. The SMILES string of the molecule is CCCc1ncc(C2Oc3cc(-c4cnc([C@@H]5CCCN5C(=O)[C@@H](NC(=O)OC)C(C)C)[nH]4)cc(C)c3-c3cc4cc(-c5cnc([C@@H]6CCCN6C(=O)[C@@H](NC(=O)OC)C(C)C)[nH]5)ccc4n32)s1.S.S.S.S. The van der Waals surface area contributed by atoms with E-state index in [0.717, 1.165) is 104 Å². The van der Waals surface area contributed by atoms with E-state index in [4.69, 9.17) is 29.2 Å². The van der Waals surface area contributed by atoms with E-state index in [1.807, 2.05) is 56.1 Å². The molecule has 4 aromatic heterocycles. The van der Waals surface area contributed by atoms with Gasteiger partial charge in [-0.15, -0.1) is 11.3 Å². The van der Waals surface area contributed by atoms with Gasteiger partial charge in [0.25, 0.3) is 0 Å². The van der Waals surface area contributed by atoms with E-state index in [1.165, 1.54) is 14.2 Å². The fourth-order valence-electron chi connectivity index (χ4n) is 10.00. The van der Waals surface area contributed by atoms with Gasteiger partial charge in [-0.25, -0.2) is 24.5 Å². The van der Waals surface area contributed by atoms with Crippen molar-refractivity contribution in [2.24, 2.45) is 11.8 Å². The number of ether oxygens (including phenoxy) is 3. The quantitative estimate of drug-likeness (QED) is 0.0864. The summed E-state index contributed by atoms with van der Waals surface area (Å²) in [6, 6.07) is 10.9. The third-order valence-electron chi connectivity index (χ3n) is 13.4. The number of aryl methyl sites for hydroxylation is 2. The molecule has 4 amide bonds. The van der Waals surface area contributed by atoms with Crippen molar-refractivity contribution in [3.63, 3.8) is 0 Å². The molecule has 0 bridgehead atoms. The number of carbonyl (C=O) groups is 4. The van der Waals surface area contributed by atoms with Crippen LogP contribution < -0.4 is 15.4 Å². The number of alkyl carbamates (subject to hydrolysis) is 2. The van der Waals surface area contributed by atoms with Gasteiger partial charge in [-0.05, 0) is 93.2 Å². The molecule has 0 radical (unpaired) electrons. The number of H-pyrrole nitrogens is 2. The predicted octanol–water partition coefficient (Wildman–Crippen LogP) is 9.28. The number of thiazole rings is 1. The first kappa shape index (κ1) is 57.6. The number of likely N-dealkylation sites (tertiary alicyclic amines) is 2. The summed E-state index contributed by atoms with van der Waals surface area (Å²) in [6.07, 6.45) is 8.84. The monoisotopic (exact) mass is 1080 g/mol. The van der Waals surface area contributed by atoms with Gasteiger partial charge in [0, 0.05) is 41.4 Å². The normalized spacial score (nSPS) is 17.6. The summed E-state index contributed by atoms with van der Waals surface area (Å²) in [5.41, 5.74) is 7.54. The second kappa shape index (κ2) is 24.2. The van der Waals surface area contributed by atoms with Crippen LogP contribution in [0.15, 0.2) is 55.0 Å². The number of aromatic nitrogens is 6. The third-order valence-corrected chi connectivity index (χ3v) is 14.5. The summed E-state index contributed by atoms with van der Waals surface area (Å²) >= 11 is 1.67. The van der Waals surface area contributed by atoms with Gasteiger partial charge in [0.05, 0.1) is 71.2 Å². The van der Waals surface area contributed by atoms with Crippen LogP contribution in [0.4, 0.5) is 9.59 Å². The summed E-state index contributed by atoms with van der Waals surface area (Å²) in [5.74, 6) is 1.55. The van der Waals surface area contributed by atoms with Crippen LogP contribution >= 0.6 is 65.3 Å². The summed E-state index contributed by atoms with van der Waals surface area (Å²) in [5, 5.41) is 7.54. The standard InChI is InChI=1S/C50H60N10O7S.4H2S/c1-9-12-40-51-25-39(68-40)48-60-34-16-15-29(32-23-52-44(54-32)35-13-10-17-58(35)46(61)42(26(2)3)56-49(63)65-7)20-31(34)21-37(60)41-28(6)19-30(22-38(41)67-48)33-24-53-45(55-33)36-14-11-18-59(36)47(62)43(27(4)5)57-50(64)66-8;;;;/h15-16,19-27,35-36,42-43,48H,9-14,17-18H2,1-8H3,(H,52,54)(H,53,55)(H,56,63)(H,57,64);4*1H2/t35-,36-,42-,43-,48?;;;;/m0..../s1. The van der Waals surface area contributed by atoms with Gasteiger partial charge in [-0.2, -0.15) is 54.0 Å². The van der Waals surface area contributed by atoms with Crippen molar-refractivity contribution in [3.8, 4) is 39.5 Å². The Morgan fingerprint density at radius 2 is 1.32 bits per heavy atom. The highest BCUT2D eigenvalue weighted by molar-refractivity contribution is 7.59. The molecular formula is C50H68N10O7S5. The molecular weight excluding hydrogens is 1010 g/mol. The summed E-state index contributed by atoms with van der Waals surface area (Å²) < 4.78 is 19.0. The van der Waals surface area contributed by atoms with E-state index in [1.54, 1.807) is 11.3 Å². The van der Waals surface area contributed by atoms with Gasteiger partial charge in [-0.3, -0.25) is 14.2 Å². The highest BCUT2D eigenvalue weighted by atomic mass is 32.1. The lowest BCUT2D eigenvalue weighted by Crippen LogP contribution is -2.51. The molecule has 2 aromatic carbocycles. The van der Waals surface area contributed by atoms with Crippen molar-refractivity contribution in [1.29, 1.82) is 0 Å². The number of nitrogens with one attached hydrogen (secondary N) is 4. The molecule has 0 saturated carbocycles. The van der Waals surface area contributed by atoms with Crippen LogP contribution in [0, 0.1) is 18.8 Å². The van der Waals surface area contributed by atoms with Crippen molar-refractivity contribution < 1.29 is 33.4 Å². The minimum atomic E-state index is -0.725. The fourth-order valence-corrected chi connectivity index (χ4v) is 11.0. The van der Waals surface area contributed by atoms with Crippen LogP contribution in [0.25, 0.3) is 44.7 Å². The molecule has 1 unspecified atom stereocenters. The molecule has 72 heavy (non-hydrogen) atoms. The van der Waals surface area contributed by atoms with E-state index in [0.29, 0.717) is 24.7 Å². The smallest absolute Gasteiger partial charge is 0.407 e. The van der Waals surface area contributed by atoms with Crippen LogP contribution in [0.3, 0.4) is 0 Å². The van der Waals surface area contributed by atoms with E-state index in [9.17, 15) is 19.2 Å². The number of rotatable bonds is 13. The number of methoxy groups -OCH3 is 2. The van der Waals surface area contributed by atoms with E-state index < -0.39 is 30.5 Å². The minimum Gasteiger partial charge on any atom is -0.464 e. The molecule has 2 fully saturated rings. The lowest BCUT2D eigenvalue weighted by atomic mass is 9.98. The second-order valence-corrected chi connectivity index (χ2v) is 19.8. The zero-order valence-electron chi connectivity index (χ0n) is 41.8. The number of fused-ring (bicyclic) bond motifs is 5. The number of imidazole rings is 2. The topological polar surface area (TPSA) is 202 Å². The number of hydrogen-bond donors (Lipinski definition) is 4. The van der Waals surface area contributed by atoms with Gasteiger partial charge in [0.1, 0.15) is 29.5 Å². The highest BCUT2D eigenvalue weighted by Crippen LogP contribution is 2.48. The van der Waals surface area contributed by atoms with Crippen LogP contribution in [-0.4, -0.2) is 103 Å². The van der Waals surface area contributed by atoms with Crippen LogP contribution in [-0.2, 0) is 25.5 Å². The van der Waals surface area contributed by atoms with Gasteiger partial charge in [0.2, 0.25) is 18.0 Å². The van der Waals surface area contributed by atoms with E-state index in [2.05, 4.69) is 75.4 Å². The largest absolute Gasteiger partial charge is 0.464 e. The van der Waals surface area contributed by atoms with Crippen molar-refractivity contribution >= 4 is 100 Å². The Morgan fingerprint density at radius 3 is 1.85 bits per heavy atom. The molecule has 5 atom stereocenters. The number of benzene rings is 2. The zero-order chi connectivity index (χ0) is 48.0. The maximum absolute atomic E-state index is 13.9. The maximum Gasteiger partial charge on any atom is 0.407 e. The lowest BCUT2D eigenvalue weighted by Gasteiger charge is -2.30. The Morgan fingerprint density at radius 1 is 0.764 bits per heavy atom. The van der Waals surface area contributed by atoms with E-state index in [-0.39, 0.29) is 89.7 Å². The zero-order valence-corrected chi connectivity index (χ0v) is 46.7. The summed E-state index contributed by atoms with van der Waals surface area (Å²) in [7, 11) is 2.59. The van der Waals surface area contributed by atoms with Crippen molar-refractivity contribution in [1.82, 2.24) is 49.9 Å². The van der Waals surface area contributed by atoms with Crippen LogP contribution in [0.5, 0.6) is 5.75 Å². The molecule has 4 N–H and O–H groups in total. The first-order chi connectivity index (χ1) is 32.8. The molecule has 390 valence electrons. The molecule has 2 saturated heterocycles. The third kappa shape index (κ3) is 11.1. The average molecular weight is 1080 g/mol. The summed E-state index contributed by atoms with van der Waals surface area (Å²) in [4.78, 5) is 78.1. The minimum absolute atomic E-state index is 0. The molecule has 6 aromatic rings. The number of amides is 4. The van der Waals surface area contributed by atoms with Gasteiger partial charge < -0.3 is 44.6 Å². The molecule has 22 heteroatoms. The molecule has 3 aliphatic rings. The van der Waals surface area contributed by atoms with Gasteiger partial charge in [-0.1, -0.05) is 40.7 Å².